The van der Waals surface area contributed by atoms with Crippen LogP contribution in [-0.4, -0.2) is 64.5 Å². The number of hydrogen-bond acceptors (Lipinski definition) is 5. The summed E-state index contributed by atoms with van der Waals surface area (Å²) in [5, 5.41) is 11.9. The Balaban J connectivity index is 1.20. The highest BCUT2D eigenvalue weighted by molar-refractivity contribution is 6.19. The molecule has 0 radical (unpaired) electrons. The number of carbonyl (C=O) groups is 2. The van der Waals surface area contributed by atoms with Crippen molar-refractivity contribution in [3.63, 3.8) is 0 Å². The predicted molar refractivity (Wildman–Crippen MR) is 121 cm³/mol. The van der Waals surface area contributed by atoms with Gasteiger partial charge in [-0.1, -0.05) is 0 Å². The first-order valence-corrected chi connectivity index (χ1v) is 11.7. The Morgan fingerprint density at radius 2 is 1.91 bits per heavy atom. The van der Waals surface area contributed by atoms with Gasteiger partial charge >= 0.3 is 0 Å². The van der Waals surface area contributed by atoms with Crippen LogP contribution >= 0.6 is 0 Å². The standard InChI is InChI=1S/C25H31N3O4/c1-27-11-4-8-22(27)23(29)20-15-26-21-10-9-16(14-19(20)21)32-13-5-12-28-24(30)17-6-2-3-7-18(17)25(28)31/h9-10,14-15,22-23,26,29H,2-8,11-13H2,1H3. The number of likely N-dealkylation sites (tertiary alicyclic amines) is 1. The van der Waals surface area contributed by atoms with Crippen molar-refractivity contribution < 1.29 is 19.4 Å². The highest BCUT2D eigenvalue weighted by Crippen LogP contribution is 2.35. The van der Waals surface area contributed by atoms with Gasteiger partial charge in [0.1, 0.15) is 5.75 Å². The van der Waals surface area contributed by atoms with Gasteiger partial charge in [-0.25, -0.2) is 0 Å². The zero-order valence-corrected chi connectivity index (χ0v) is 18.6. The van der Waals surface area contributed by atoms with E-state index in [1.807, 2.05) is 24.4 Å². The molecule has 3 heterocycles. The van der Waals surface area contributed by atoms with Gasteiger partial charge in [-0.3, -0.25) is 14.5 Å². The number of imide groups is 1. The number of hydrogen-bond donors (Lipinski definition) is 2. The Labute approximate surface area is 188 Å². The summed E-state index contributed by atoms with van der Waals surface area (Å²) in [6.07, 6.45) is 7.48. The second-order valence-electron chi connectivity index (χ2n) is 9.21. The molecule has 5 rings (SSSR count). The number of aliphatic hydroxyl groups excluding tert-OH is 1. The molecule has 0 bridgehead atoms. The van der Waals surface area contributed by atoms with E-state index in [-0.39, 0.29) is 17.9 Å². The van der Waals surface area contributed by atoms with Crippen molar-refractivity contribution in [2.75, 3.05) is 26.7 Å². The van der Waals surface area contributed by atoms with E-state index >= 15 is 0 Å². The number of nitrogens with zero attached hydrogens (tertiary/aromatic N) is 2. The Kier molecular flexibility index (Phi) is 5.78. The number of ether oxygens (including phenoxy) is 1. The quantitative estimate of drug-likeness (QED) is 0.513. The number of fused-ring (bicyclic) bond motifs is 1. The second-order valence-corrected chi connectivity index (χ2v) is 9.21. The van der Waals surface area contributed by atoms with Crippen molar-refractivity contribution in [2.24, 2.45) is 0 Å². The summed E-state index contributed by atoms with van der Waals surface area (Å²) in [5.41, 5.74) is 3.34. The number of aromatic amines is 1. The summed E-state index contributed by atoms with van der Waals surface area (Å²) >= 11 is 0. The van der Waals surface area contributed by atoms with Crippen LogP contribution in [0.15, 0.2) is 35.5 Å². The minimum absolute atomic E-state index is 0.103. The minimum Gasteiger partial charge on any atom is -0.494 e. The summed E-state index contributed by atoms with van der Waals surface area (Å²) < 4.78 is 5.95. The van der Waals surface area contributed by atoms with Gasteiger partial charge in [-0.2, -0.15) is 0 Å². The molecule has 2 N–H and O–H groups in total. The lowest BCUT2D eigenvalue weighted by atomic mass is 9.93. The molecule has 0 spiro atoms. The Morgan fingerprint density at radius 1 is 1.16 bits per heavy atom. The van der Waals surface area contributed by atoms with Crippen LogP contribution in [0.3, 0.4) is 0 Å². The molecular formula is C25H31N3O4. The van der Waals surface area contributed by atoms with Gasteiger partial charge in [0.15, 0.2) is 0 Å². The fraction of sp³-hybridized carbons (Fsp3) is 0.520. The molecule has 7 heteroatoms. The summed E-state index contributed by atoms with van der Waals surface area (Å²) in [6, 6.07) is 5.97. The van der Waals surface area contributed by atoms with Gasteiger partial charge in [0.05, 0.1) is 12.7 Å². The molecule has 2 atom stereocenters. The van der Waals surface area contributed by atoms with Crippen LogP contribution in [0.1, 0.15) is 56.6 Å². The van der Waals surface area contributed by atoms with Gasteiger partial charge in [0, 0.05) is 46.4 Å². The maximum atomic E-state index is 12.5. The first-order chi connectivity index (χ1) is 15.5. The van der Waals surface area contributed by atoms with Crippen molar-refractivity contribution in [2.45, 2.75) is 57.1 Å². The Morgan fingerprint density at radius 3 is 2.59 bits per heavy atom. The lowest BCUT2D eigenvalue weighted by Crippen LogP contribution is -2.33. The fourth-order valence-corrected chi connectivity index (χ4v) is 5.41. The first kappa shape index (κ1) is 21.2. The summed E-state index contributed by atoms with van der Waals surface area (Å²) in [7, 11) is 2.06. The fourth-order valence-electron chi connectivity index (χ4n) is 5.41. The lowest BCUT2D eigenvalue weighted by Gasteiger charge is -2.24. The minimum atomic E-state index is -0.544. The average molecular weight is 438 g/mol. The third-order valence-electron chi connectivity index (χ3n) is 7.21. The Hall–Kier alpha value is -2.64. The number of H-pyrrole nitrogens is 1. The molecule has 1 aromatic heterocycles. The van der Waals surface area contributed by atoms with Gasteiger partial charge in [-0.15, -0.1) is 0 Å². The van der Waals surface area contributed by atoms with E-state index in [0.29, 0.717) is 19.6 Å². The molecule has 170 valence electrons. The van der Waals surface area contributed by atoms with Crippen molar-refractivity contribution in [3.8, 4) is 5.75 Å². The lowest BCUT2D eigenvalue weighted by molar-refractivity contribution is -0.137. The van der Waals surface area contributed by atoms with E-state index in [1.165, 1.54) is 4.90 Å². The monoisotopic (exact) mass is 437 g/mol. The van der Waals surface area contributed by atoms with Crippen LogP contribution in [-0.2, 0) is 9.59 Å². The smallest absolute Gasteiger partial charge is 0.257 e. The molecule has 1 saturated heterocycles. The van der Waals surface area contributed by atoms with E-state index in [9.17, 15) is 14.7 Å². The molecule has 1 aromatic carbocycles. The third kappa shape index (κ3) is 3.73. The van der Waals surface area contributed by atoms with E-state index in [1.54, 1.807) is 0 Å². The normalized spacial score (nSPS) is 22.8. The van der Waals surface area contributed by atoms with E-state index in [2.05, 4.69) is 16.9 Å². The predicted octanol–water partition coefficient (Wildman–Crippen LogP) is 3.30. The van der Waals surface area contributed by atoms with Crippen molar-refractivity contribution >= 4 is 22.7 Å². The molecular weight excluding hydrogens is 406 g/mol. The van der Waals surface area contributed by atoms with Crippen LogP contribution in [0.5, 0.6) is 5.75 Å². The molecule has 2 amide bonds. The van der Waals surface area contributed by atoms with Gasteiger partial charge < -0.3 is 19.7 Å². The van der Waals surface area contributed by atoms with Crippen molar-refractivity contribution in [3.05, 3.63) is 41.1 Å². The average Bonchev–Trinajstić information content (AvgIpc) is 3.49. The molecule has 1 aliphatic carbocycles. The number of rotatable bonds is 7. The maximum absolute atomic E-state index is 12.5. The van der Waals surface area contributed by atoms with E-state index in [0.717, 1.165) is 78.4 Å². The van der Waals surface area contributed by atoms with Crippen molar-refractivity contribution in [1.82, 2.24) is 14.8 Å². The summed E-state index contributed by atoms with van der Waals surface area (Å²) in [5.74, 6) is 0.518. The molecule has 0 saturated carbocycles. The van der Waals surface area contributed by atoms with Gasteiger partial charge in [0.25, 0.3) is 11.8 Å². The molecule has 32 heavy (non-hydrogen) atoms. The number of aliphatic hydroxyl groups is 1. The number of aromatic nitrogens is 1. The van der Waals surface area contributed by atoms with Crippen LogP contribution < -0.4 is 4.74 Å². The van der Waals surface area contributed by atoms with Crippen LogP contribution in [0.2, 0.25) is 0 Å². The molecule has 1 fully saturated rings. The highest BCUT2D eigenvalue weighted by atomic mass is 16.5. The SMILES string of the molecule is CN1CCCC1C(O)c1c[nH]c2ccc(OCCCN3C(=O)C4=C(CCCC4)C3=O)cc12. The van der Waals surface area contributed by atoms with Gasteiger partial charge in [-0.05, 0) is 76.7 Å². The highest BCUT2D eigenvalue weighted by Gasteiger charge is 2.38. The molecule has 3 aliphatic rings. The number of amides is 2. The molecule has 7 nitrogen and oxygen atoms in total. The molecule has 2 aliphatic heterocycles. The summed E-state index contributed by atoms with van der Waals surface area (Å²) in [4.78, 5) is 31.9. The Bertz CT molecular complexity index is 1040. The molecule has 2 aromatic rings. The van der Waals surface area contributed by atoms with Gasteiger partial charge in [0.2, 0.25) is 0 Å². The zero-order chi connectivity index (χ0) is 22.2. The topological polar surface area (TPSA) is 85.9 Å². The summed E-state index contributed by atoms with van der Waals surface area (Å²) in [6.45, 7) is 1.81. The molecule has 2 unspecified atom stereocenters. The number of likely N-dealkylation sites (N-methyl/N-ethyl adjacent to an activating group) is 1. The number of carbonyl (C=O) groups excluding carboxylic acids is 2. The largest absolute Gasteiger partial charge is 0.494 e. The zero-order valence-electron chi connectivity index (χ0n) is 18.6. The van der Waals surface area contributed by atoms with Crippen LogP contribution in [0.25, 0.3) is 10.9 Å². The van der Waals surface area contributed by atoms with Crippen LogP contribution in [0, 0.1) is 0 Å². The number of benzene rings is 1. The van der Waals surface area contributed by atoms with Crippen molar-refractivity contribution in [1.29, 1.82) is 0 Å². The maximum Gasteiger partial charge on any atom is 0.257 e. The second kappa shape index (κ2) is 8.71. The van der Waals surface area contributed by atoms with E-state index < -0.39 is 6.10 Å². The van der Waals surface area contributed by atoms with E-state index in [4.69, 9.17) is 4.74 Å². The number of nitrogens with one attached hydrogen (secondary N) is 1. The van der Waals surface area contributed by atoms with Crippen LogP contribution in [0.4, 0.5) is 0 Å². The first-order valence-electron chi connectivity index (χ1n) is 11.7. The third-order valence-corrected chi connectivity index (χ3v) is 7.21.